The molecular weight excluding hydrogens is 360 g/mol. The van der Waals surface area contributed by atoms with Gasteiger partial charge >= 0.3 is 0 Å². The smallest absolute Gasteiger partial charge is 0.161 e. The third kappa shape index (κ3) is 3.16. The first-order valence-corrected chi connectivity index (χ1v) is 9.37. The molecule has 2 saturated heterocycles. The van der Waals surface area contributed by atoms with Crippen molar-refractivity contribution < 1.29 is 28.4 Å². The zero-order valence-electron chi connectivity index (χ0n) is 16.6. The van der Waals surface area contributed by atoms with Crippen molar-refractivity contribution in [1.29, 1.82) is 0 Å². The number of hydrogen-bond acceptors (Lipinski definition) is 6. The molecule has 4 atom stereocenters. The van der Waals surface area contributed by atoms with Crippen LogP contribution in [0.3, 0.4) is 0 Å². The monoisotopic (exact) mass is 386 g/mol. The van der Waals surface area contributed by atoms with E-state index in [0.717, 1.165) is 11.1 Å². The van der Waals surface area contributed by atoms with Crippen LogP contribution in [0.5, 0.6) is 23.0 Å². The molecule has 2 aromatic rings. The van der Waals surface area contributed by atoms with Gasteiger partial charge in [-0.2, -0.15) is 0 Å². The van der Waals surface area contributed by atoms with E-state index in [1.165, 1.54) is 0 Å². The maximum absolute atomic E-state index is 6.20. The Morgan fingerprint density at radius 3 is 1.36 bits per heavy atom. The zero-order valence-corrected chi connectivity index (χ0v) is 16.6. The second-order valence-corrected chi connectivity index (χ2v) is 7.06. The van der Waals surface area contributed by atoms with E-state index in [9.17, 15) is 0 Å². The van der Waals surface area contributed by atoms with Crippen molar-refractivity contribution in [2.45, 2.75) is 12.2 Å². The Hall–Kier alpha value is -2.44. The molecule has 2 heterocycles. The van der Waals surface area contributed by atoms with Crippen LogP contribution in [0.25, 0.3) is 0 Å². The Balaban J connectivity index is 1.57. The van der Waals surface area contributed by atoms with Crippen LogP contribution in [-0.2, 0) is 9.47 Å². The summed E-state index contributed by atoms with van der Waals surface area (Å²) in [5, 5.41) is 0. The lowest BCUT2D eigenvalue weighted by atomic mass is 9.85. The summed E-state index contributed by atoms with van der Waals surface area (Å²) < 4.78 is 34.0. The van der Waals surface area contributed by atoms with Gasteiger partial charge in [0.15, 0.2) is 23.0 Å². The second kappa shape index (κ2) is 7.89. The fourth-order valence-corrected chi connectivity index (χ4v) is 4.29. The molecule has 0 saturated carbocycles. The number of methoxy groups -OCH3 is 4. The van der Waals surface area contributed by atoms with E-state index < -0.39 is 0 Å². The summed E-state index contributed by atoms with van der Waals surface area (Å²) >= 11 is 0. The van der Waals surface area contributed by atoms with Gasteiger partial charge in [0.05, 0.1) is 53.9 Å². The van der Waals surface area contributed by atoms with Gasteiger partial charge in [-0.25, -0.2) is 0 Å². The highest BCUT2D eigenvalue weighted by Gasteiger charge is 2.48. The first-order valence-electron chi connectivity index (χ1n) is 9.37. The third-order valence-corrected chi connectivity index (χ3v) is 5.74. The molecule has 0 aromatic heterocycles. The SMILES string of the molecule is COc1ccc([C@@H]2OC[C@H]3[C@H]2CO[C@H]3c2ccc(OC)c(OC)c2)cc1OC. The van der Waals surface area contributed by atoms with Crippen LogP contribution in [0.2, 0.25) is 0 Å². The van der Waals surface area contributed by atoms with Crippen LogP contribution in [0.1, 0.15) is 23.3 Å². The number of ether oxygens (including phenoxy) is 6. The largest absolute Gasteiger partial charge is 0.493 e. The van der Waals surface area contributed by atoms with Gasteiger partial charge in [0, 0.05) is 11.8 Å². The maximum atomic E-state index is 6.20. The van der Waals surface area contributed by atoms with Crippen LogP contribution in [-0.4, -0.2) is 41.7 Å². The molecule has 0 spiro atoms. The number of fused-ring (bicyclic) bond motifs is 1. The summed E-state index contributed by atoms with van der Waals surface area (Å²) in [6.07, 6.45) is -0.0371. The highest BCUT2D eigenvalue weighted by molar-refractivity contribution is 5.45. The molecule has 4 rings (SSSR count). The third-order valence-electron chi connectivity index (χ3n) is 5.74. The Kier molecular flexibility index (Phi) is 5.33. The maximum Gasteiger partial charge on any atom is 0.161 e. The van der Waals surface area contributed by atoms with Crippen LogP contribution in [0.4, 0.5) is 0 Å². The van der Waals surface area contributed by atoms with E-state index in [1.54, 1.807) is 28.4 Å². The minimum atomic E-state index is -0.0186. The van der Waals surface area contributed by atoms with Crippen LogP contribution < -0.4 is 18.9 Å². The average molecular weight is 386 g/mol. The molecule has 2 aliphatic heterocycles. The molecule has 0 unspecified atom stereocenters. The molecular formula is C22H26O6. The van der Waals surface area contributed by atoms with E-state index in [0.29, 0.717) is 36.2 Å². The van der Waals surface area contributed by atoms with E-state index in [4.69, 9.17) is 28.4 Å². The number of benzene rings is 2. The van der Waals surface area contributed by atoms with Gasteiger partial charge in [0.2, 0.25) is 0 Å². The molecule has 2 aliphatic rings. The number of hydrogen-bond donors (Lipinski definition) is 0. The average Bonchev–Trinajstić information content (AvgIpc) is 3.35. The van der Waals surface area contributed by atoms with E-state index in [1.807, 2.05) is 36.4 Å². The van der Waals surface area contributed by atoms with Crippen molar-refractivity contribution in [3.05, 3.63) is 47.5 Å². The van der Waals surface area contributed by atoms with E-state index in [2.05, 4.69) is 0 Å². The summed E-state index contributed by atoms with van der Waals surface area (Å²) in [4.78, 5) is 0. The summed E-state index contributed by atoms with van der Waals surface area (Å²) in [5.41, 5.74) is 2.17. The molecule has 28 heavy (non-hydrogen) atoms. The van der Waals surface area contributed by atoms with Gasteiger partial charge in [-0.3, -0.25) is 0 Å². The molecule has 6 heteroatoms. The van der Waals surface area contributed by atoms with Crippen LogP contribution >= 0.6 is 0 Å². The first kappa shape index (κ1) is 18.9. The van der Waals surface area contributed by atoms with Crippen molar-refractivity contribution in [2.75, 3.05) is 41.7 Å². The molecule has 2 fully saturated rings. The first-order chi connectivity index (χ1) is 13.7. The fourth-order valence-electron chi connectivity index (χ4n) is 4.29. The minimum Gasteiger partial charge on any atom is -0.493 e. The van der Waals surface area contributed by atoms with Crippen molar-refractivity contribution in [3.8, 4) is 23.0 Å². The summed E-state index contributed by atoms with van der Waals surface area (Å²) in [5.74, 6) is 3.43. The molecule has 2 aromatic carbocycles. The van der Waals surface area contributed by atoms with Crippen molar-refractivity contribution in [3.63, 3.8) is 0 Å². The van der Waals surface area contributed by atoms with Crippen LogP contribution in [0.15, 0.2) is 36.4 Å². The van der Waals surface area contributed by atoms with Gasteiger partial charge in [-0.15, -0.1) is 0 Å². The highest BCUT2D eigenvalue weighted by atomic mass is 16.5. The second-order valence-electron chi connectivity index (χ2n) is 7.06. The fraction of sp³-hybridized carbons (Fsp3) is 0.455. The number of rotatable bonds is 6. The molecule has 0 amide bonds. The Bertz CT molecular complexity index is 766. The lowest BCUT2D eigenvalue weighted by molar-refractivity contribution is 0.0191. The van der Waals surface area contributed by atoms with Crippen molar-refractivity contribution >= 4 is 0 Å². The van der Waals surface area contributed by atoms with E-state index in [-0.39, 0.29) is 24.0 Å². The lowest BCUT2D eigenvalue weighted by Crippen LogP contribution is -2.14. The highest BCUT2D eigenvalue weighted by Crippen LogP contribution is 2.51. The van der Waals surface area contributed by atoms with Crippen molar-refractivity contribution in [1.82, 2.24) is 0 Å². The predicted molar refractivity (Wildman–Crippen MR) is 103 cm³/mol. The molecule has 0 aliphatic carbocycles. The van der Waals surface area contributed by atoms with Crippen LogP contribution in [0, 0.1) is 11.8 Å². The van der Waals surface area contributed by atoms with Gasteiger partial charge in [-0.05, 0) is 35.4 Å². The summed E-state index contributed by atoms with van der Waals surface area (Å²) in [6.45, 7) is 1.31. The van der Waals surface area contributed by atoms with E-state index >= 15 is 0 Å². The summed E-state index contributed by atoms with van der Waals surface area (Å²) in [7, 11) is 6.56. The van der Waals surface area contributed by atoms with Gasteiger partial charge < -0.3 is 28.4 Å². The molecule has 0 bridgehead atoms. The van der Waals surface area contributed by atoms with Gasteiger partial charge in [0.1, 0.15) is 0 Å². The van der Waals surface area contributed by atoms with Gasteiger partial charge in [-0.1, -0.05) is 12.1 Å². The molecule has 0 radical (unpaired) electrons. The normalized spacial score (nSPS) is 26.0. The summed E-state index contributed by atoms with van der Waals surface area (Å²) in [6, 6.07) is 11.9. The topological polar surface area (TPSA) is 55.4 Å². The minimum absolute atomic E-state index is 0.0186. The standard InChI is InChI=1S/C22H26O6/c1-23-17-7-5-13(9-19(17)25-3)21-15-11-28-22(16(15)12-27-21)14-6-8-18(24-2)20(10-14)26-4/h5-10,15-16,21-22H,11-12H2,1-4H3/t15-,16+,21-,22-/m0/s1. The van der Waals surface area contributed by atoms with Crippen molar-refractivity contribution in [2.24, 2.45) is 11.8 Å². The Morgan fingerprint density at radius 2 is 1.00 bits per heavy atom. The molecule has 0 N–H and O–H groups in total. The van der Waals surface area contributed by atoms with Gasteiger partial charge in [0.25, 0.3) is 0 Å². The Morgan fingerprint density at radius 1 is 0.607 bits per heavy atom. The Labute approximate surface area is 165 Å². The molecule has 150 valence electrons. The quantitative estimate of drug-likeness (QED) is 0.753. The predicted octanol–water partition coefficient (Wildman–Crippen LogP) is 3.80. The zero-order chi connectivity index (χ0) is 19.7. The lowest BCUT2D eigenvalue weighted by Gasteiger charge is -2.18. The molecule has 6 nitrogen and oxygen atoms in total.